The van der Waals surface area contributed by atoms with Gasteiger partial charge in [0, 0.05) is 12.2 Å². The molecular formula is C19H17N3O2. The van der Waals surface area contributed by atoms with Gasteiger partial charge in [0.05, 0.1) is 24.2 Å². The quantitative estimate of drug-likeness (QED) is 0.733. The first-order valence-corrected chi connectivity index (χ1v) is 7.56. The number of rotatable bonds is 7. The van der Waals surface area contributed by atoms with E-state index in [1.807, 2.05) is 53.4 Å². The van der Waals surface area contributed by atoms with Crippen LogP contribution in [-0.4, -0.2) is 25.7 Å². The van der Waals surface area contributed by atoms with Gasteiger partial charge in [0.15, 0.2) is 5.92 Å². The van der Waals surface area contributed by atoms with Gasteiger partial charge >= 0.3 is 5.97 Å². The van der Waals surface area contributed by atoms with Crippen molar-refractivity contribution in [1.82, 2.24) is 0 Å². The molecule has 5 heteroatoms. The fraction of sp³-hybridized carbons (Fsp3) is 0.211. The summed E-state index contributed by atoms with van der Waals surface area (Å²) in [4.78, 5) is 13.8. The molecule has 0 spiro atoms. The van der Waals surface area contributed by atoms with E-state index in [-0.39, 0.29) is 19.1 Å². The number of nitriles is 2. The SMILES string of the molecule is N#CC(C#N)CN(CCOC(=O)c1ccccc1)c1ccccc1. The number of benzene rings is 2. The number of ether oxygens (including phenoxy) is 1. The molecule has 0 radical (unpaired) electrons. The molecule has 0 atom stereocenters. The largest absolute Gasteiger partial charge is 0.460 e. The van der Waals surface area contributed by atoms with Gasteiger partial charge in [0.25, 0.3) is 0 Å². The molecule has 0 heterocycles. The van der Waals surface area contributed by atoms with Crippen molar-refractivity contribution in [1.29, 1.82) is 10.5 Å². The normalized spacial score (nSPS) is 9.79. The minimum absolute atomic E-state index is 0.173. The third-order valence-corrected chi connectivity index (χ3v) is 3.44. The van der Waals surface area contributed by atoms with Crippen LogP contribution in [0.3, 0.4) is 0 Å². The van der Waals surface area contributed by atoms with Gasteiger partial charge in [-0.1, -0.05) is 36.4 Å². The van der Waals surface area contributed by atoms with Gasteiger partial charge in [0.2, 0.25) is 0 Å². The summed E-state index contributed by atoms with van der Waals surface area (Å²) in [5.41, 5.74) is 1.37. The molecule has 0 fully saturated rings. The molecule has 0 aliphatic heterocycles. The molecule has 0 aliphatic carbocycles. The molecule has 0 bridgehead atoms. The molecule has 5 nitrogen and oxygen atoms in total. The smallest absolute Gasteiger partial charge is 0.338 e. The van der Waals surface area contributed by atoms with Crippen LogP contribution in [0.15, 0.2) is 60.7 Å². The molecule has 2 aromatic carbocycles. The van der Waals surface area contributed by atoms with Crippen molar-refractivity contribution in [3.63, 3.8) is 0 Å². The Labute approximate surface area is 141 Å². The summed E-state index contributed by atoms with van der Waals surface area (Å²) in [6.07, 6.45) is 0. The number of anilines is 1. The highest BCUT2D eigenvalue weighted by molar-refractivity contribution is 5.89. The molecule has 0 aromatic heterocycles. The van der Waals surface area contributed by atoms with Crippen molar-refractivity contribution in [2.75, 3.05) is 24.6 Å². The zero-order chi connectivity index (χ0) is 17.2. The van der Waals surface area contributed by atoms with Crippen LogP contribution in [0.1, 0.15) is 10.4 Å². The summed E-state index contributed by atoms with van der Waals surface area (Å²) >= 11 is 0. The number of hydrogen-bond donors (Lipinski definition) is 0. The molecule has 120 valence electrons. The lowest BCUT2D eigenvalue weighted by Gasteiger charge is -2.24. The third kappa shape index (κ3) is 4.86. The molecule has 0 saturated carbocycles. The van der Waals surface area contributed by atoms with Crippen LogP contribution < -0.4 is 4.90 Å². The molecule has 0 N–H and O–H groups in total. The second kappa shape index (κ2) is 8.97. The summed E-state index contributed by atoms with van der Waals surface area (Å²) in [5.74, 6) is -1.13. The fourth-order valence-corrected chi connectivity index (χ4v) is 2.20. The van der Waals surface area contributed by atoms with Gasteiger partial charge in [-0.15, -0.1) is 0 Å². The molecule has 2 aromatic rings. The summed E-state index contributed by atoms with van der Waals surface area (Å²) in [5, 5.41) is 18.0. The van der Waals surface area contributed by atoms with Crippen LogP contribution in [0.2, 0.25) is 0 Å². The Morgan fingerprint density at radius 2 is 1.58 bits per heavy atom. The first kappa shape index (κ1) is 17.1. The first-order valence-electron chi connectivity index (χ1n) is 7.56. The molecule has 0 unspecified atom stereocenters. The summed E-state index contributed by atoms with van der Waals surface area (Å²) < 4.78 is 5.28. The van der Waals surface area contributed by atoms with Crippen molar-refractivity contribution in [2.45, 2.75) is 0 Å². The van der Waals surface area contributed by atoms with Gasteiger partial charge in [0.1, 0.15) is 6.61 Å². The van der Waals surface area contributed by atoms with E-state index in [2.05, 4.69) is 0 Å². The van der Waals surface area contributed by atoms with E-state index in [0.29, 0.717) is 12.1 Å². The molecule has 0 aliphatic rings. The van der Waals surface area contributed by atoms with Crippen LogP contribution in [0.25, 0.3) is 0 Å². The predicted molar refractivity (Wildman–Crippen MR) is 90.1 cm³/mol. The molecule has 0 saturated heterocycles. The maximum absolute atomic E-state index is 12.0. The summed E-state index contributed by atoms with van der Waals surface area (Å²) in [6, 6.07) is 22.1. The van der Waals surface area contributed by atoms with E-state index < -0.39 is 5.92 Å². The molecule has 2 rings (SSSR count). The Morgan fingerprint density at radius 1 is 1.00 bits per heavy atom. The Kier molecular flexibility index (Phi) is 6.37. The van der Waals surface area contributed by atoms with E-state index in [1.165, 1.54) is 0 Å². The molecule has 24 heavy (non-hydrogen) atoms. The van der Waals surface area contributed by atoms with Crippen molar-refractivity contribution in [3.8, 4) is 12.1 Å². The molecule has 0 amide bonds. The fourth-order valence-electron chi connectivity index (χ4n) is 2.20. The number of para-hydroxylation sites is 1. The van der Waals surface area contributed by atoms with Crippen molar-refractivity contribution < 1.29 is 9.53 Å². The average molecular weight is 319 g/mol. The second-order valence-corrected chi connectivity index (χ2v) is 5.09. The number of carbonyl (C=O) groups excluding carboxylic acids is 1. The minimum atomic E-state index is -0.741. The Balaban J connectivity index is 1.97. The van der Waals surface area contributed by atoms with Crippen LogP contribution in [0.4, 0.5) is 5.69 Å². The first-order chi connectivity index (χ1) is 11.7. The van der Waals surface area contributed by atoms with Gasteiger partial charge < -0.3 is 9.64 Å². The Hall–Kier alpha value is -3.31. The average Bonchev–Trinajstić information content (AvgIpc) is 2.65. The zero-order valence-electron chi connectivity index (χ0n) is 13.1. The van der Waals surface area contributed by atoms with Gasteiger partial charge in [-0.25, -0.2) is 4.79 Å². The van der Waals surface area contributed by atoms with Gasteiger partial charge in [-0.3, -0.25) is 0 Å². The second-order valence-electron chi connectivity index (χ2n) is 5.09. The maximum Gasteiger partial charge on any atom is 0.338 e. The monoisotopic (exact) mass is 319 g/mol. The standard InChI is InChI=1S/C19H17N3O2/c20-13-16(14-21)15-22(18-9-5-2-6-10-18)11-12-24-19(23)17-7-3-1-4-8-17/h1-10,16H,11-12,15H2. The lowest BCUT2D eigenvalue weighted by atomic mass is 10.1. The summed E-state index contributed by atoms with van der Waals surface area (Å²) in [7, 11) is 0. The third-order valence-electron chi connectivity index (χ3n) is 3.44. The highest BCUT2D eigenvalue weighted by Gasteiger charge is 2.15. The van der Waals surface area contributed by atoms with E-state index in [9.17, 15) is 4.79 Å². The highest BCUT2D eigenvalue weighted by atomic mass is 16.5. The van der Waals surface area contributed by atoms with Crippen molar-refractivity contribution in [2.24, 2.45) is 5.92 Å². The van der Waals surface area contributed by atoms with E-state index in [1.54, 1.807) is 24.3 Å². The number of nitrogens with zero attached hydrogens (tertiary/aromatic N) is 3. The maximum atomic E-state index is 12.0. The Morgan fingerprint density at radius 3 is 2.17 bits per heavy atom. The zero-order valence-corrected chi connectivity index (χ0v) is 13.1. The molecular weight excluding hydrogens is 302 g/mol. The van der Waals surface area contributed by atoms with E-state index in [4.69, 9.17) is 15.3 Å². The van der Waals surface area contributed by atoms with Crippen LogP contribution in [0.5, 0.6) is 0 Å². The predicted octanol–water partition coefficient (Wildman–Crippen LogP) is 3.01. The Bertz CT molecular complexity index is 719. The van der Waals surface area contributed by atoms with E-state index in [0.717, 1.165) is 5.69 Å². The van der Waals surface area contributed by atoms with E-state index >= 15 is 0 Å². The lowest BCUT2D eigenvalue weighted by Crippen LogP contribution is -2.32. The van der Waals surface area contributed by atoms with Crippen LogP contribution >= 0.6 is 0 Å². The lowest BCUT2D eigenvalue weighted by molar-refractivity contribution is 0.0515. The van der Waals surface area contributed by atoms with Crippen LogP contribution in [0, 0.1) is 28.6 Å². The highest BCUT2D eigenvalue weighted by Crippen LogP contribution is 2.15. The van der Waals surface area contributed by atoms with Gasteiger partial charge in [-0.05, 0) is 24.3 Å². The van der Waals surface area contributed by atoms with Crippen LogP contribution in [-0.2, 0) is 4.74 Å². The topological polar surface area (TPSA) is 77.1 Å². The minimum Gasteiger partial charge on any atom is -0.460 e. The van der Waals surface area contributed by atoms with Gasteiger partial charge in [-0.2, -0.15) is 10.5 Å². The number of carbonyl (C=O) groups is 1. The summed E-state index contributed by atoms with van der Waals surface area (Å²) in [6.45, 7) is 0.842. The van der Waals surface area contributed by atoms with Crippen molar-refractivity contribution in [3.05, 3.63) is 66.2 Å². The van der Waals surface area contributed by atoms with Crippen molar-refractivity contribution >= 4 is 11.7 Å². The number of esters is 1. The number of hydrogen-bond acceptors (Lipinski definition) is 5.